The molecule has 17 aromatic rings. The van der Waals surface area contributed by atoms with Crippen molar-refractivity contribution in [3.05, 3.63) is 219 Å². The molecule has 570 valence electrons. The fraction of sp³-hybridized carbons (Fsp3) is 0.136. The molecule has 0 saturated heterocycles. The molecule has 8 aromatic heterocycles. The van der Waals surface area contributed by atoms with Crippen molar-refractivity contribution >= 4 is 90.5 Å². The van der Waals surface area contributed by atoms with Gasteiger partial charge in [0.2, 0.25) is 0 Å². The number of amides is 5. The first-order valence-corrected chi connectivity index (χ1v) is 36.0. The van der Waals surface area contributed by atoms with Crippen LogP contribution < -0.4 is 36.1 Å². The Balaban J connectivity index is 0.000000120. The van der Waals surface area contributed by atoms with Crippen LogP contribution in [0.25, 0.3) is 134 Å². The highest BCUT2D eigenvalue weighted by molar-refractivity contribution is 6.06. The lowest BCUT2D eigenvalue weighted by atomic mass is 9.99. The number of H-pyrrole nitrogens is 8. The van der Waals surface area contributed by atoms with E-state index in [-0.39, 0.29) is 17.4 Å². The first-order chi connectivity index (χ1) is 55.6. The van der Waals surface area contributed by atoms with E-state index in [4.69, 9.17) is 18.9 Å². The second-order valence-electron chi connectivity index (χ2n) is 26.9. The van der Waals surface area contributed by atoms with Crippen LogP contribution in [0, 0.1) is 5.41 Å². The topological polar surface area (TPSA) is 446 Å². The van der Waals surface area contributed by atoms with Crippen molar-refractivity contribution in [1.29, 1.82) is 0 Å². The van der Waals surface area contributed by atoms with Crippen LogP contribution in [-0.2, 0) is 9.47 Å². The number of hydrogen-bond donors (Lipinski definition) is 13. The molecule has 13 N–H and O–H groups in total. The molecule has 0 atom stereocenters. The summed E-state index contributed by atoms with van der Waals surface area (Å²) in [5.41, 5.74) is 16.9. The van der Waals surface area contributed by atoms with Crippen LogP contribution in [0.1, 0.15) is 45.0 Å². The quantitative estimate of drug-likeness (QED) is 0.0427. The summed E-state index contributed by atoms with van der Waals surface area (Å²) in [7, 11) is 0. The number of aromatic amines is 8. The summed E-state index contributed by atoms with van der Waals surface area (Å²) in [6, 6.07) is 58.6. The van der Waals surface area contributed by atoms with Gasteiger partial charge in [-0.25, -0.2) is 34.3 Å². The first-order valence-electron chi connectivity index (χ1n) is 36.0. The van der Waals surface area contributed by atoms with Crippen LogP contribution in [0.3, 0.4) is 0 Å². The molecule has 9 aromatic carbocycles. The third kappa shape index (κ3) is 17.4. The van der Waals surface area contributed by atoms with Crippen molar-refractivity contribution in [2.24, 2.45) is 5.41 Å². The zero-order chi connectivity index (χ0) is 78.5. The Morgan fingerprint density at radius 1 is 0.386 bits per heavy atom. The normalized spacial score (nSPS) is 11.5. The molecule has 0 unspecified atom stereocenters. The predicted molar refractivity (Wildman–Crippen MR) is 431 cm³/mol. The molecular formula is C81H73N25O8. The number of urea groups is 1. The number of ether oxygens (including phenoxy) is 4. The molecule has 33 nitrogen and oxygen atoms in total. The summed E-state index contributed by atoms with van der Waals surface area (Å²) in [4.78, 5) is 65.2. The highest BCUT2D eigenvalue weighted by Gasteiger charge is 2.21. The van der Waals surface area contributed by atoms with E-state index < -0.39 is 12.2 Å². The molecule has 0 fully saturated rings. The maximum Gasteiger partial charge on any atom is 0.411 e. The molecule has 114 heavy (non-hydrogen) atoms. The Bertz CT molecular complexity index is 6050. The average molecular weight is 1520 g/mol. The van der Waals surface area contributed by atoms with Crippen molar-refractivity contribution < 1.29 is 38.1 Å². The van der Waals surface area contributed by atoms with E-state index >= 15 is 0 Å². The minimum absolute atomic E-state index is 0.0889. The van der Waals surface area contributed by atoms with Crippen LogP contribution in [0.5, 0.6) is 11.5 Å². The van der Waals surface area contributed by atoms with E-state index in [0.29, 0.717) is 96.1 Å². The summed E-state index contributed by atoms with van der Waals surface area (Å²) in [6.45, 7) is 11.9. The number of benzene rings is 9. The lowest BCUT2D eigenvalue weighted by Crippen LogP contribution is -2.28. The third-order valence-electron chi connectivity index (χ3n) is 17.6. The van der Waals surface area contributed by atoms with Crippen molar-refractivity contribution in [2.45, 2.75) is 34.6 Å². The largest absolute Gasteiger partial charge is 0.486 e. The second-order valence-corrected chi connectivity index (χ2v) is 26.9. The molecule has 0 spiro atoms. The molecule has 0 saturated carbocycles. The van der Waals surface area contributed by atoms with Gasteiger partial charge in [0.1, 0.15) is 38.5 Å². The molecular weight excluding hydrogens is 1450 g/mol. The van der Waals surface area contributed by atoms with Gasteiger partial charge in [0.25, 0.3) is 5.91 Å². The van der Waals surface area contributed by atoms with E-state index in [1.165, 1.54) is 25.3 Å². The highest BCUT2D eigenvalue weighted by atomic mass is 16.6. The van der Waals surface area contributed by atoms with Crippen LogP contribution in [0.15, 0.2) is 213 Å². The number of carbonyl (C=O) groups excluding carboxylic acids is 4. The monoisotopic (exact) mass is 1520 g/mol. The third-order valence-corrected chi connectivity index (χ3v) is 17.6. The number of carbonyl (C=O) groups is 4. The van der Waals surface area contributed by atoms with Gasteiger partial charge in [-0.2, -0.15) is 40.8 Å². The zero-order valence-electron chi connectivity index (χ0n) is 61.9. The van der Waals surface area contributed by atoms with Crippen LogP contribution in [-0.4, -0.2) is 159 Å². The highest BCUT2D eigenvalue weighted by Crippen LogP contribution is 2.37. The minimum atomic E-state index is -0.482. The number of hydrogen-bond acceptors (Lipinski definition) is 20. The van der Waals surface area contributed by atoms with Crippen LogP contribution >= 0.6 is 0 Å². The lowest BCUT2D eigenvalue weighted by Gasteiger charge is -2.19. The molecule has 1 aliphatic heterocycles. The average Bonchev–Trinajstić information content (AvgIpc) is 1.63. The summed E-state index contributed by atoms with van der Waals surface area (Å²) < 4.78 is 21.3. The number of rotatable bonds is 16. The van der Waals surface area contributed by atoms with Crippen molar-refractivity contribution in [2.75, 3.05) is 54.2 Å². The van der Waals surface area contributed by atoms with E-state index in [1.807, 2.05) is 185 Å². The van der Waals surface area contributed by atoms with Crippen molar-refractivity contribution in [3.8, 4) is 102 Å². The zero-order valence-corrected chi connectivity index (χ0v) is 61.9. The van der Waals surface area contributed by atoms with Gasteiger partial charge in [-0.15, -0.1) is 0 Å². The predicted octanol–water partition coefficient (Wildman–Crippen LogP) is 15.4. The number of anilines is 4. The van der Waals surface area contributed by atoms with Crippen LogP contribution in [0.4, 0.5) is 37.1 Å². The molecule has 18 rings (SSSR count). The Morgan fingerprint density at radius 3 is 1.15 bits per heavy atom. The van der Waals surface area contributed by atoms with E-state index in [0.717, 1.165) is 111 Å². The van der Waals surface area contributed by atoms with Crippen molar-refractivity contribution in [1.82, 2.24) is 107 Å². The molecule has 1 aliphatic rings. The number of nitrogens with one attached hydrogen (secondary N) is 13. The van der Waals surface area contributed by atoms with Gasteiger partial charge in [0, 0.05) is 107 Å². The fourth-order valence-corrected chi connectivity index (χ4v) is 12.3. The summed E-state index contributed by atoms with van der Waals surface area (Å²) in [5.74, 6) is 3.83. The molecule has 0 bridgehead atoms. The minimum Gasteiger partial charge on any atom is -0.486 e. The SMILES string of the molecule is CC(C)(C)COC(=O)Nc1cccc(-c2n[nH]c3ccc(-c4ncn[nH]4)cc23)c1.CCNC(=O)Nc1cccc(-c2n[nH]c3ccc(-c4ncn[nH]4)cc23)c1.CCOC(=O)Nc1cccc(-c2n[nH]c3ccc(-c4ncn[nH]4)cc23)c1.O=C(Nc1ccc2c(c1)OCCO2)c1cccc(-c2n[nH]c3ccc(-c4ncn[nH]4)cc23)c1. The van der Waals surface area contributed by atoms with Gasteiger partial charge in [0.15, 0.2) is 34.8 Å². The first kappa shape index (κ1) is 73.8. The van der Waals surface area contributed by atoms with Gasteiger partial charge in [-0.05, 0) is 153 Å². The van der Waals surface area contributed by atoms with Gasteiger partial charge in [-0.3, -0.25) is 56.2 Å². The van der Waals surface area contributed by atoms with Gasteiger partial charge in [-0.1, -0.05) is 69.3 Å². The van der Waals surface area contributed by atoms with Crippen LogP contribution in [0.2, 0.25) is 0 Å². The van der Waals surface area contributed by atoms with E-state index in [1.54, 1.807) is 37.3 Å². The maximum absolute atomic E-state index is 12.9. The number of nitrogens with zero attached hydrogens (tertiary/aromatic N) is 12. The lowest BCUT2D eigenvalue weighted by molar-refractivity contribution is 0.102. The van der Waals surface area contributed by atoms with E-state index in [9.17, 15) is 19.2 Å². The van der Waals surface area contributed by atoms with Gasteiger partial charge >= 0.3 is 18.2 Å². The standard InChI is InChI=1S/C24H18N6O3.C21H22N6O2.C18H17N7O.C18H16N6O2/c31-24(27-17-5-7-20-21(12-17)33-9-8-32-20)16-3-1-2-14(10-16)22-18-11-15(23-25-13-26-30-23)4-6-19(18)28-29-22;1-21(2,3)11-29-20(28)24-15-6-4-5-13(9-15)18-16-10-14(19-22-12-23-27-19)7-8-17(16)25-26-18;1-2-19-18(26)22-13-5-3-4-11(8-13)16-14-9-12(17-20-10-21-25-17)6-7-15(14)23-24-16;1-2-26-18(25)21-13-5-3-4-11(8-13)16-14-9-12(17-19-10-20-24-17)6-7-15(14)22-23-16/h1-7,10-13H,8-9H2,(H,27,31)(H,28,29)(H,25,26,30);4-10,12H,11H2,1-3H3,(H,24,28)(H,25,26)(H,22,23,27);3-10H,2H2,1H3,(H,23,24)(H2,19,22,26)(H,20,21,25);3-10H,2H2,1H3,(H,21,25)(H,22,23)(H,19,20,24). The second kappa shape index (κ2) is 33.4. The maximum atomic E-state index is 12.9. The van der Waals surface area contributed by atoms with Crippen molar-refractivity contribution in [3.63, 3.8) is 0 Å². The van der Waals surface area contributed by atoms with Gasteiger partial charge < -0.3 is 34.9 Å². The molecule has 0 aliphatic carbocycles. The Kier molecular flexibility index (Phi) is 21.6. The summed E-state index contributed by atoms with van der Waals surface area (Å²) >= 11 is 0. The number of fused-ring (bicyclic) bond motifs is 5. The van der Waals surface area contributed by atoms with Gasteiger partial charge in [0.05, 0.1) is 58.1 Å². The van der Waals surface area contributed by atoms with E-state index in [2.05, 4.69) is 128 Å². The Morgan fingerprint density at radius 2 is 0.763 bits per heavy atom. The summed E-state index contributed by atoms with van der Waals surface area (Å²) in [5, 5.41) is 74.8. The Hall–Kier alpha value is -15.7. The Labute approximate surface area is 647 Å². The number of aromatic nitrogens is 20. The smallest absolute Gasteiger partial charge is 0.411 e. The molecule has 33 heteroatoms. The summed E-state index contributed by atoms with van der Waals surface area (Å²) in [6.07, 6.45) is 4.94. The molecule has 9 heterocycles. The molecule has 5 amide bonds. The fourth-order valence-electron chi connectivity index (χ4n) is 12.3. The molecule has 0 radical (unpaired) electrons.